The molecule has 0 radical (unpaired) electrons. The number of likely N-dealkylation sites (tertiary alicyclic amines) is 1. The first-order valence-corrected chi connectivity index (χ1v) is 7.80. The quantitative estimate of drug-likeness (QED) is 0.859. The minimum absolute atomic E-state index is 0.120. The molecule has 18 heavy (non-hydrogen) atoms. The first kappa shape index (κ1) is 13.6. The van der Waals surface area contributed by atoms with E-state index in [1.807, 2.05) is 11.8 Å². The summed E-state index contributed by atoms with van der Waals surface area (Å²) in [4.78, 5) is 14.2. The van der Waals surface area contributed by atoms with E-state index < -0.39 is 0 Å². The summed E-state index contributed by atoms with van der Waals surface area (Å²) in [6.45, 7) is 5.92. The van der Waals surface area contributed by atoms with Crippen LogP contribution in [-0.2, 0) is 4.79 Å². The molecule has 0 aromatic carbocycles. The van der Waals surface area contributed by atoms with E-state index in [1.54, 1.807) is 0 Å². The number of rotatable bonds is 3. The Balaban J connectivity index is 1.88. The molecule has 100 valence electrons. The van der Waals surface area contributed by atoms with Gasteiger partial charge in [-0.05, 0) is 25.7 Å². The van der Waals surface area contributed by atoms with Gasteiger partial charge in [0.2, 0.25) is 11.0 Å². The Labute approximate surface area is 115 Å². The van der Waals surface area contributed by atoms with Crippen molar-refractivity contribution in [1.82, 2.24) is 15.1 Å². The van der Waals surface area contributed by atoms with Crippen molar-refractivity contribution in [2.45, 2.75) is 36.3 Å². The fraction of sp³-hybridized carbons (Fsp3) is 0.727. The van der Waals surface area contributed by atoms with Gasteiger partial charge in [0, 0.05) is 13.1 Å². The normalized spacial score (nSPS) is 18.9. The molecule has 2 heterocycles. The second-order valence-electron chi connectivity index (χ2n) is 4.67. The summed E-state index contributed by atoms with van der Waals surface area (Å²) in [6, 6.07) is 0. The van der Waals surface area contributed by atoms with Crippen LogP contribution in [-0.4, -0.2) is 39.3 Å². The molecule has 1 atom stereocenters. The number of anilines is 1. The van der Waals surface area contributed by atoms with Crippen LogP contribution in [0.1, 0.15) is 26.7 Å². The maximum absolute atomic E-state index is 12.2. The van der Waals surface area contributed by atoms with Crippen molar-refractivity contribution in [3.05, 3.63) is 0 Å². The molecule has 1 aliphatic heterocycles. The summed E-state index contributed by atoms with van der Waals surface area (Å²) < 4.78 is 0.763. The maximum atomic E-state index is 12.2. The minimum atomic E-state index is -0.120. The van der Waals surface area contributed by atoms with Gasteiger partial charge in [-0.3, -0.25) is 4.79 Å². The van der Waals surface area contributed by atoms with Gasteiger partial charge in [-0.15, -0.1) is 10.2 Å². The number of nitrogens with zero attached hydrogens (tertiary/aromatic N) is 3. The Morgan fingerprint density at radius 2 is 2.17 bits per heavy atom. The average molecular weight is 286 g/mol. The van der Waals surface area contributed by atoms with Crippen molar-refractivity contribution in [3.63, 3.8) is 0 Å². The highest BCUT2D eigenvalue weighted by molar-refractivity contribution is 8.02. The molecule has 0 spiro atoms. The molecule has 1 amide bonds. The van der Waals surface area contributed by atoms with Crippen LogP contribution in [0.4, 0.5) is 5.13 Å². The molecule has 1 aliphatic rings. The van der Waals surface area contributed by atoms with Crippen molar-refractivity contribution in [1.29, 1.82) is 0 Å². The topological polar surface area (TPSA) is 72.1 Å². The second-order valence-corrected chi connectivity index (χ2v) is 7.27. The van der Waals surface area contributed by atoms with Crippen LogP contribution in [0.5, 0.6) is 0 Å². The van der Waals surface area contributed by atoms with Gasteiger partial charge < -0.3 is 10.6 Å². The van der Waals surface area contributed by atoms with Crippen molar-refractivity contribution < 1.29 is 4.79 Å². The summed E-state index contributed by atoms with van der Waals surface area (Å²) in [5.74, 6) is 0.931. The summed E-state index contributed by atoms with van der Waals surface area (Å²) >= 11 is 2.77. The monoisotopic (exact) mass is 286 g/mol. The summed E-state index contributed by atoms with van der Waals surface area (Å²) in [5, 5.41) is 8.01. The number of thioether (sulfide) groups is 1. The Hall–Kier alpha value is -0.820. The third kappa shape index (κ3) is 3.35. The zero-order valence-corrected chi connectivity index (χ0v) is 12.3. The molecule has 2 rings (SSSR count). The molecule has 0 saturated carbocycles. The third-order valence-corrected chi connectivity index (χ3v) is 5.07. The molecule has 1 unspecified atom stereocenters. The fourth-order valence-corrected chi connectivity index (χ4v) is 3.82. The van der Waals surface area contributed by atoms with Gasteiger partial charge in [0.1, 0.15) is 0 Å². The van der Waals surface area contributed by atoms with Crippen LogP contribution < -0.4 is 5.73 Å². The van der Waals surface area contributed by atoms with Crippen LogP contribution in [0.2, 0.25) is 0 Å². The standard InChI is InChI=1S/C11H18N4OS2/c1-7-3-5-15(6-4-7)9(16)8(2)17-11-14-13-10(12)18-11/h7-8H,3-6H2,1-2H3,(H2,12,13). The van der Waals surface area contributed by atoms with E-state index in [0.29, 0.717) is 5.13 Å². The number of hydrogen-bond acceptors (Lipinski definition) is 6. The number of amides is 1. The highest BCUT2D eigenvalue weighted by Crippen LogP contribution is 2.29. The largest absolute Gasteiger partial charge is 0.374 e. The van der Waals surface area contributed by atoms with Crippen molar-refractivity contribution in [2.75, 3.05) is 18.8 Å². The molecule has 0 bridgehead atoms. The lowest BCUT2D eigenvalue weighted by Gasteiger charge is -2.31. The SMILES string of the molecule is CC1CCN(C(=O)C(C)Sc2nnc(N)s2)CC1. The Morgan fingerprint density at radius 1 is 1.50 bits per heavy atom. The van der Waals surface area contributed by atoms with Crippen molar-refractivity contribution >= 4 is 34.1 Å². The van der Waals surface area contributed by atoms with Crippen LogP contribution in [0.3, 0.4) is 0 Å². The van der Waals surface area contributed by atoms with Crippen molar-refractivity contribution in [3.8, 4) is 0 Å². The van der Waals surface area contributed by atoms with Crippen molar-refractivity contribution in [2.24, 2.45) is 5.92 Å². The van der Waals surface area contributed by atoms with Gasteiger partial charge in [-0.2, -0.15) is 0 Å². The Morgan fingerprint density at radius 3 is 2.72 bits per heavy atom. The summed E-state index contributed by atoms with van der Waals surface area (Å²) in [6.07, 6.45) is 2.21. The van der Waals surface area contributed by atoms with Gasteiger partial charge in [0.25, 0.3) is 0 Å². The van der Waals surface area contributed by atoms with Gasteiger partial charge in [-0.25, -0.2) is 0 Å². The molecule has 1 saturated heterocycles. The third-order valence-electron chi connectivity index (χ3n) is 3.14. The molecule has 0 aliphatic carbocycles. The molecular formula is C11H18N4OS2. The number of piperidine rings is 1. The molecule has 2 N–H and O–H groups in total. The molecule has 7 heteroatoms. The molecule has 1 aromatic heterocycles. The number of nitrogens with two attached hydrogens (primary N) is 1. The van der Waals surface area contributed by atoms with Crippen LogP contribution >= 0.6 is 23.1 Å². The van der Waals surface area contributed by atoms with Crippen LogP contribution in [0.25, 0.3) is 0 Å². The lowest BCUT2D eigenvalue weighted by atomic mass is 9.99. The van der Waals surface area contributed by atoms with E-state index in [4.69, 9.17) is 5.73 Å². The maximum Gasteiger partial charge on any atom is 0.235 e. The smallest absolute Gasteiger partial charge is 0.235 e. The second kappa shape index (κ2) is 5.88. The van der Waals surface area contributed by atoms with Crippen LogP contribution in [0.15, 0.2) is 4.34 Å². The average Bonchev–Trinajstić information content (AvgIpc) is 2.75. The molecule has 1 aromatic rings. The first-order valence-electron chi connectivity index (χ1n) is 6.10. The van der Waals surface area contributed by atoms with Gasteiger partial charge >= 0.3 is 0 Å². The minimum Gasteiger partial charge on any atom is -0.374 e. The van der Waals surface area contributed by atoms with E-state index in [9.17, 15) is 4.79 Å². The molecule has 1 fully saturated rings. The fourth-order valence-electron chi connectivity index (χ4n) is 1.96. The molecule has 5 nitrogen and oxygen atoms in total. The van der Waals surface area contributed by atoms with Gasteiger partial charge in [-0.1, -0.05) is 30.0 Å². The van der Waals surface area contributed by atoms with E-state index in [2.05, 4.69) is 17.1 Å². The highest BCUT2D eigenvalue weighted by Gasteiger charge is 2.25. The number of nitrogen functional groups attached to an aromatic ring is 1. The van der Waals surface area contributed by atoms with E-state index in [0.717, 1.165) is 36.2 Å². The van der Waals surface area contributed by atoms with E-state index in [1.165, 1.54) is 23.1 Å². The predicted molar refractivity (Wildman–Crippen MR) is 74.6 cm³/mol. The summed E-state index contributed by atoms with van der Waals surface area (Å²) in [5.41, 5.74) is 5.52. The predicted octanol–water partition coefficient (Wildman–Crippen LogP) is 1.86. The van der Waals surface area contributed by atoms with Crippen LogP contribution in [0, 0.1) is 5.92 Å². The van der Waals surface area contributed by atoms with Gasteiger partial charge in [0.15, 0.2) is 4.34 Å². The lowest BCUT2D eigenvalue weighted by Crippen LogP contribution is -2.41. The molecular weight excluding hydrogens is 268 g/mol. The number of carbonyl (C=O) groups excluding carboxylic acids is 1. The van der Waals surface area contributed by atoms with E-state index >= 15 is 0 Å². The van der Waals surface area contributed by atoms with E-state index in [-0.39, 0.29) is 11.2 Å². The zero-order valence-electron chi connectivity index (χ0n) is 10.6. The number of aromatic nitrogens is 2. The summed E-state index contributed by atoms with van der Waals surface area (Å²) in [7, 11) is 0. The highest BCUT2D eigenvalue weighted by atomic mass is 32.2. The Kier molecular flexibility index (Phi) is 4.45. The lowest BCUT2D eigenvalue weighted by molar-refractivity contribution is -0.131. The zero-order chi connectivity index (χ0) is 13.1. The number of hydrogen-bond donors (Lipinski definition) is 1. The Bertz CT molecular complexity index is 415. The first-order chi connectivity index (χ1) is 8.56. The van der Waals surface area contributed by atoms with Gasteiger partial charge in [0.05, 0.1) is 5.25 Å². The number of carbonyl (C=O) groups is 1.